The van der Waals surface area contributed by atoms with E-state index in [0.717, 1.165) is 25.6 Å². The van der Waals surface area contributed by atoms with Crippen molar-refractivity contribution >= 4 is 27.4 Å². The van der Waals surface area contributed by atoms with Crippen molar-refractivity contribution < 1.29 is 17.7 Å². The summed E-state index contributed by atoms with van der Waals surface area (Å²) in [6.07, 6.45) is 1.02. The third kappa shape index (κ3) is 5.34. The predicted molar refractivity (Wildman–Crippen MR) is 99.6 cm³/mol. The zero-order valence-electron chi connectivity index (χ0n) is 14.7. The van der Waals surface area contributed by atoms with E-state index in [4.69, 9.17) is 12.2 Å². The van der Waals surface area contributed by atoms with E-state index < -0.39 is 15.8 Å². The molecular weight excluding hydrogens is 363 g/mol. The number of sulfonamides is 1. The van der Waals surface area contributed by atoms with Gasteiger partial charge in [-0.3, -0.25) is 0 Å². The van der Waals surface area contributed by atoms with E-state index >= 15 is 0 Å². The predicted octanol–water partition coefficient (Wildman–Crippen LogP) is -0.459. The lowest BCUT2D eigenvalue weighted by Crippen LogP contribution is -3.05. The summed E-state index contributed by atoms with van der Waals surface area (Å²) < 4.78 is 40.3. The highest BCUT2D eigenvalue weighted by Crippen LogP contribution is 2.20. The van der Waals surface area contributed by atoms with Crippen molar-refractivity contribution in [3.8, 4) is 0 Å². The molecule has 0 saturated carbocycles. The molecule has 1 aliphatic heterocycles. The van der Waals surface area contributed by atoms with Crippen molar-refractivity contribution in [1.29, 1.82) is 0 Å². The second-order valence-corrected chi connectivity index (χ2v) is 8.66. The van der Waals surface area contributed by atoms with Gasteiger partial charge in [0.15, 0.2) is 5.11 Å². The molecule has 1 saturated heterocycles. The molecule has 0 radical (unpaired) electrons. The summed E-state index contributed by atoms with van der Waals surface area (Å²) >= 11 is 5.38. The molecule has 0 aliphatic carbocycles. The Bertz CT molecular complexity index is 689. The van der Waals surface area contributed by atoms with Crippen LogP contribution >= 0.6 is 12.2 Å². The van der Waals surface area contributed by atoms with E-state index in [9.17, 15) is 12.8 Å². The molecule has 0 atom stereocenters. The van der Waals surface area contributed by atoms with Gasteiger partial charge in [-0.1, -0.05) is 12.1 Å². The normalized spacial score (nSPS) is 16.2. The Morgan fingerprint density at radius 2 is 1.88 bits per heavy atom. The Morgan fingerprint density at radius 3 is 2.48 bits per heavy atom. The van der Waals surface area contributed by atoms with Crippen LogP contribution in [0.15, 0.2) is 29.2 Å². The molecule has 2 N–H and O–H groups in total. The Balaban J connectivity index is 1.87. The van der Waals surface area contributed by atoms with Crippen LogP contribution in [0.4, 0.5) is 4.39 Å². The van der Waals surface area contributed by atoms with Gasteiger partial charge in [0.05, 0.1) is 20.6 Å². The summed E-state index contributed by atoms with van der Waals surface area (Å²) in [5, 5.41) is 3.87. The minimum absolute atomic E-state index is 0.268. The van der Waals surface area contributed by atoms with Crippen LogP contribution in [-0.4, -0.2) is 76.1 Å². The second-order valence-electron chi connectivity index (χ2n) is 6.36. The molecule has 0 spiro atoms. The van der Waals surface area contributed by atoms with Crippen LogP contribution < -0.4 is 10.2 Å². The van der Waals surface area contributed by atoms with E-state index in [0.29, 0.717) is 31.3 Å². The Hall–Kier alpha value is -1.29. The first-order valence-corrected chi connectivity index (χ1v) is 10.2. The highest BCUT2D eigenvalue weighted by molar-refractivity contribution is 7.89. The van der Waals surface area contributed by atoms with Crippen LogP contribution in [0.1, 0.15) is 6.42 Å². The van der Waals surface area contributed by atoms with Crippen LogP contribution in [0.5, 0.6) is 0 Å². The van der Waals surface area contributed by atoms with Gasteiger partial charge in [0, 0.05) is 39.1 Å². The van der Waals surface area contributed by atoms with Crippen LogP contribution in [0, 0.1) is 5.82 Å². The number of nitrogens with zero attached hydrogens (tertiary/aromatic N) is 2. The molecule has 0 aromatic heterocycles. The summed E-state index contributed by atoms with van der Waals surface area (Å²) in [6, 6.07) is 5.47. The SMILES string of the molecule is C[NH+](C)CCCNC(=S)N1CCN(S(=O)(=O)c2ccccc2F)CC1. The number of hydrogen-bond donors (Lipinski definition) is 2. The van der Waals surface area contributed by atoms with Gasteiger partial charge in [0.25, 0.3) is 0 Å². The summed E-state index contributed by atoms with van der Waals surface area (Å²) in [4.78, 5) is 3.08. The van der Waals surface area contributed by atoms with Gasteiger partial charge in [-0.05, 0) is 24.4 Å². The molecule has 1 aromatic rings. The number of nitrogens with one attached hydrogen (secondary N) is 2. The largest absolute Gasteiger partial charge is 0.362 e. The smallest absolute Gasteiger partial charge is 0.246 e. The van der Waals surface area contributed by atoms with Crippen LogP contribution in [0.3, 0.4) is 0 Å². The maximum absolute atomic E-state index is 13.8. The quantitative estimate of drug-likeness (QED) is 0.510. The highest BCUT2D eigenvalue weighted by atomic mass is 32.2. The van der Waals surface area contributed by atoms with Crippen molar-refractivity contribution in [3.05, 3.63) is 30.1 Å². The molecule has 6 nitrogen and oxygen atoms in total. The summed E-state index contributed by atoms with van der Waals surface area (Å²) in [5.74, 6) is -0.717. The van der Waals surface area contributed by atoms with Gasteiger partial charge in [0.1, 0.15) is 10.7 Å². The lowest BCUT2D eigenvalue weighted by molar-refractivity contribution is -0.858. The van der Waals surface area contributed by atoms with Gasteiger partial charge in [-0.2, -0.15) is 4.31 Å². The van der Waals surface area contributed by atoms with Crippen LogP contribution in [-0.2, 0) is 10.0 Å². The number of thiocarbonyl (C=S) groups is 1. The number of quaternary nitrogens is 1. The molecule has 0 unspecified atom stereocenters. The maximum Gasteiger partial charge on any atom is 0.246 e. The summed E-state index contributed by atoms with van der Waals surface area (Å²) in [5.41, 5.74) is 0. The van der Waals surface area contributed by atoms with Gasteiger partial charge in [0.2, 0.25) is 10.0 Å². The van der Waals surface area contributed by atoms with Crippen LogP contribution in [0.2, 0.25) is 0 Å². The van der Waals surface area contributed by atoms with Crippen molar-refractivity contribution in [1.82, 2.24) is 14.5 Å². The first-order chi connectivity index (χ1) is 11.8. The fourth-order valence-electron chi connectivity index (χ4n) is 2.67. The van der Waals surface area contributed by atoms with Crippen molar-refractivity contribution in [2.75, 3.05) is 53.4 Å². The van der Waals surface area contributed by atoms with Gasteiger partial charge < -0.3 is 15.1 Å². The molecular formula is C16H26FN4O2S2+. The zero-order chi connectivity index (χ0) is 18.4. The van der Waals surface area contributed by atoms with Gasteiger partial charge in [-0.15, -0.1) is 0 Å². The number of rotatable bonds is 6. The average molecular weight is 390 g/mol. The van der Waals surface area contributed by atoms with E-state index in [2.05, 4.69) is 19.4 Å². The fourth-order valence-corrected chi connectivity index (χ4v) is 4.45. The number of halogens is 1. The number of benzene rings is 1. The molecule has 9 heteroatoms. The lowest BCUT2D eigenvalue weighted by atomic mass is 10.3. The van der Waals surface area contributed by atoms with Gasteiger partial charge >= 0.3 is 0 Å². The second kappa shape index (κ2) is 8.88. The third-order valence-electron chi connectivity index (χ3n) is 4.11. The molecule has 1 aromatic carbocycles. The molecule has 1 fully saturated rings. The van der Waals surface area contributed by atoms with E-state index in [-0.39, 0.29) is 4.90 Å². The molecule has 2 rings (SSSR count). The highest BCUT2D eigenvalue weighted by Gasteiger charge is 2.30. The van der Waals surface area contributed by atoms with Crippen molar-refractivity contribution in [3.63, 3.8) is 0 Å². The first kappa shape index (κ1) is 20.0. The minimum atomic E-state index is -3.81. The molecule has 1 aliphatic rings. The van der Waals surface area contributed by atoms with Crippen LogP contribution in [0.25, 0.3) is 0 Å². The molecule has 25 heavy (non-hydrogen) atoms. The number of piperazine rings is 1. The molecule has 0 amide bonds. The molecule has 1 heterocycles. The third-order valence-corrected chi connectivity index (χ3v) is 6.44. The maximum atomic E-state index is 13.8. The van der Waals surface area contributed by atoms with Crippen molar-refractivity contribution in [2.24, 2.45) is 0 Å². The monoisotopic (exact) mass is 389 g/mol. The zero-order valence-corrected chi connectivity index (χ0v) is 16.3. The standard InChI is InChI=1S/C16H25FN4O2S2/c1-19(2)9-5-8-18-16(24)20-10-12-21(13-11-20)25(22,23)15-7-4-3-6-14(15)17/h3-4,6-7H,5,8-13H2,1-2H3,(H,18,24)/p+1. The Morgan fingerprint density at radius 1 is 1.24 bits per heavy atom. The van der Waals surface area contributed by atoms with Crippen molar-refractivity contribution in [2.45, 2.75) is 11.3 Å². The first-order valence-electron chi connectivity index (χ1n) is 8.39. The molecule has 140 valence electrons. The Labute approximate surface area is 154 Å². The van der Waals surface area contributed by atoms with E-state index in [1.807, 2.05) is 4.90 Å². The topological polar surface area (TPSA) is 57.1 Å². The van der Waals surface area contributed by atoms with E-state index in [1.54, 1.807) is 0 Å². The minimum Gasteiger partial charge on any atom is -0.362 e. The van der Waals surface area contributed by atoms with Gasteiger partial charge in [-0.25, -0.2) is 12.8 Å². The Kier molecular flexibility index (Phi) is 7.12. The molecule has 0 bridgehead atoms. The average Bonchev–Trinajstić information content (AvgIpc) is 2.58. The fraction of sp³-hybridized carbons (Fsp3) is 0.562. The lowest BCUT2D eigenvalue weighted by Gasteiger charge is -2.35. The summed E-state index contributed by atoms with van der Waals surface area (Å²) in [7, 11) is 0.402. The van der Waals surface area contributed by atoms with E-state index in [1.165, 1.54) is 27.4 Å². The summed E-state index contributed by atoms with van der Waals surface area (Å²) in [6.45, 7) is 3.44. The number of hydrogen-bond acceptors (Lipinski definition) is 3.